The summed E-state index contributed by atoms with van der Waals surface area (Å²) >= 11 is 0. The number of imidazole rings is 1. The number of hydrogen-bond acceptors (Lipinski definition) is 5. The van der Waals surface area contributed by atoms with Crippen molar-refractivity contribution in [3.8, 4) is 5.75 Å². The highest BCUT2D eigenvalue weighted by Gasteiger charge is 2.48. The van der Waals surface area contributed by atoms with Gasteiger partial charge in [0.1, 0.15) is 24.1 Å². The Kier molecular flexibility index (Phi) is 3.10. The van der Waals surface area contributed by atoms with Crippen molar-refractivity contribution < 1.29 is 19.3 Å². The molecule has 0 amide bonds. The maximum Gasteiger partial charge on any atom is 0.151 e. The average Bonchev–Trinajstić information content (AvgIpc) is 3.17. The number of hydrogen-bond donors (Lipinski definition) is 1. The first-order valence-electron chi connectivity index (χ1n) is 7.29. The third kappa shape index (κ3) is 2.10. The number of ether oxygens (including phenoxy) is 3. The Morgan fingerprint density at radius 2 is 2.19 bits per heavy atom. The van der Waals surface area contributed by atoms with E-state index in [0.29, 0.717) is 13.2 Å². The Hall–Kier alpha value is -1.63. The third-order valence-electron chi connectivity index (χ3n) is 4.20. The lowest BCUT2D eigenvalue weighted by Gasteiger charge is -2.18. The number of aromatic nitrogens is 2. The van der Waals surface area contributed by atoms with E-state index in [2.05, 4.69) is 16.5 Å². The van der Waals surface area contributed by atoms with Gasteiger partial charge in [-0.25, -0.2) is 4.98 Å². The van der Waals surface area contributed by atoms with Gasteiger partial charge in [-0.15, -0.1) is 0 Å². The van der Waals surface area contributed by atoms with Crippen LogP contribution in [-0.2, 0) is 16.0 Å². The van der Waals surface area contributed by atoms with E-state index >= 15 is 0 Å². The molecule has 112 valence electrons. The van der Waals surface area contributed by atoms with Gasteiger partial charge >= 0.3 is 0 Å². The summed E-state index contributed by atoms with van der Waals surface area (Å²) in [6, 6.07) is 5.85. The van der Waals surface area contributed by atoms with E-state index in [4.69, 9.17) is 14.2 Å². The smallest absolute Gasteiger partial charge is 0.151 e. The van der Waals surface area contributed by atoms with Gasteiger partial charge < -0.3 is 23.9 Å². The summed E-state index contributed by atoms with van der Waals surface area (Å²) in [5.41, 5.74) is 2.01. The number of aryl methyl sites for hydroxylation is 1. The Morgan fingerprint density at radius 1 is 1.33 bits per heavy atom. The van der Waals surface area contributed by atoms with Crippen molar-refractivity contribution in [1.29, 1.82) is 0 Å². The summed E-state index contributed by atoms with van der Waals surface area (Å²) in [5.74, 6) is 0.775. The lowest BCUT2D eigenvalue weighted by atomic mass is 10.1. The number of rotatable bonds is 3. The highest BCUT2D eigenvalue weighted by Crippen LogP contribution is 2.30. The van der Waals surface area contributed by atoms with Crippen LogP contribution in [0.4, 0.5) is 0 Å². The molecule has 2 aromatic rings. The summed E-state index contributed by atoms with van der Waals surface area (Å²) in [5, 5.41) is 9.75. The fourth-order valence-electron chi connectivity index (χ4n) is 3.08. The highest BCUT2D eigenvalue weighted by atomic mass is 16.6. The van der Waals surface area contributed by atoms with Gasteiger partial charge in [0, 0.05) is 12.6 Å². The molecule has 0 radical (unpaired) electrons. The summed E-state index contributed by atoms with van der Waals surface area (Å²) in [6.45, 7) is 3.71. The molecule has 4 unspecified atom stereocenters. The lowest BCUT2D eigenvalue weighted by Crippen LogP contribution is -2.34. The van der Waals surface area contributed by atoms with Gasteiger partial charge in [-0.1, -0.05) is 0 Å². The largest absolute Gasteiger partial charge is 0.485 e. The highest BCUT2D eigenvalue weighted by molar-refractivity contribution is 5.77. The van der Waals surface area contributed by atoms with Crippen LogP contribution in [0.1, 0.15) is 6.92 Å². The van der Waals surface area contributed by atoms with E-state index in [9.17, 15) is 5.11 Å². The maximum atomic E-state index is 9.75. The molecule has 21 heavy (non-hydrogen) atoms. The van der Waals surface area contributed by atoms with Crippen LogP contribution in [0.5, 0.6) is 5.75 Å². The Labute approximate surface area is 122 Å². The van der Waals surface area contributed by atoms with E-state index in [1.165, 1.54) is 0 Å². The maximum absolute atomic E-state index is 9.75. The molecule has 2 saturated heterocycles. The average molecular weight is 290 g/mol. The Bertz CT molecular complexity index is 656. The van der Waals surface area contributed by atoms with E-state index < -0.39 is 6.10 Å². The van der Waals surface area contributed by atoms with Crippen molar-refractivity contribution in [3.63, 3.8) is 0 Å². The minimum atomic E-state index is -0.549. The topological polar surface area (TPSA) is 65.7 Å². The molecule has 1 N–H and O–H groups in total. The zero-order valence-electron chi connectivity index (χ0n) is 11.8. The molecular formula is C15H18N2O4. The Balaban J connectivity index is 1.57. The molecule has 1 aromatic heterocycles. The molecule has 4 atom stereocenters. The molecule has 1 aromatic carbocycles. The second-order valence-electron chi connectivity index (χ2n) is 5.50. The second kappa shape index (κ2) is 4.98. The lowest BCUT2D eigenvalue weighted by molar-refractivity contribution is 0.00865. The zero-order valence-corrected chi connectivity index (χ0v) is 11.8. The molecule has 0 spiro atoms. The first-order chi connectivity index (χ1) is 10.3. The minimum absolute atomic E-state index is 0.178. The van der Waals surface area contributed by atoms with Gasteiger partial charge in [-0.2, -0.15) is 0 Å². The fourth-order valence-corrected chi connectivity index (χ4v) is 3.08. The molecule has 0 saturated carbocycles. The number of nitrogens with zero attached hydrogens (tertiary/aromatic N) is 2. The summed E-state index contributed by atoms with van der Waals surface area (Å²) in [6.07, 6.45) is 0.654. The van der Waals surface area contributed by atoms with Crippen LogP contribution >= 0.6 is 0 Å². The van der Waals surface area contributed by atoms with E-state index in [1.54, 1.807) is 0 Å². The quantitative estimate of drug-likeness (QED) is 0.912. The minimum Gasteiger partial charge on any atom is -0.485 e. The van der Waals surface area contributed by atoms with Gasteiger partial charge in [-0.05, 0) is 19.1 Å². The summed E-state index contributed by atoms with van der Waals surface area (Å²) in [4.78, 5) is 4.35. The van der Waals surface area contributed by atoms with Gasteiger partial charge in [0.05, 0.1) is 30.6 Å². The van der Waals surface area contributed by atoms with Crippen LogP contribution in [0.2, 0.25) is 0 Å². The standard InChI is InChI=1S/C15H18N2O4/c1-2-17-8-16-10-4-3-9(5-11(10)17)21-13-7-20-14-12(18)6-19-15(13)14/h3-5,8,12-15,18H,2,6-7H2,1H3. The first kappa shape index (κ1) is 13.1. The molecule has 3 heterocycles. The van der Waals surface area contributed by atoms with Crippen LogP contribution in [0, 0.1) is 0 Å². The van der Waals surface area contributed by atoms with Crippen molar-refractivity contribution in [3.05, 3.63) is 24.5 Å². The molecule has 6 nitrogen and oxygen atoms in total. The second-order valence-corrected chi connectivity index (χ2v) is 5.50. The fraction of sp³-hybridized carbons (Fsp3) is 0.533. The first-order valence-corrected chi connectivity index (χ1v) is 7.29. The number of fused-ring (bicyclic) bond motifs is 2. The van der Waals surface area contributed by atoms with Crippen molar-refractivity contribution in [2.24, 2.45) is 0 Å². The van der Waals surface area contributed by atoms with Crippen LogP contribution < -0.4 is 4.74 Å². The van der Waals surface area contributed by atoms with Crippen molar-refractivity contribution >= 4 is 11.0 Å². The summed E-state index contributed by atoms with van der Waals surface area (Å²) in [7, 11) is 0. The van der Waals surface area contributed by atoms with Crippen molar-refractivity contribution in [2.75, 3.05) is 13.2 Å². The van der Waals surface area contributed by atoms with Crippen LogP contribution in [0.25, 0.3) is 11.0 Å². The van der Waals surface area contributed by atoms with Gasteiger partial charge in [0.25, 0.3) is 0 Å². The molecule has 0 aliphatic carbocycles. The molecule has 2 fully saturated rings. The molecule has 4 rings (SSSR count). The van der Waals surface area contributed by atoms with Gasteiger partial charge in [0.2, 0.25) is 0 Å². The number of aliphatic hydroxyl groups excluding tert-OH is 1. The summed E-state index contributed by atoms with van der Waals surface area (Å²) < 4.78 is 19.2. The predicted molar refractivity (Wildman–Crippen MR) is 75.3 cm³/mol. The Morgan fingerprint density at radius 3 is 3.05 bits per heavy atom. The van der Waals surface area contributed by atoms with Crippen molar-refractivity contribution in [2.45, 2.75) is 37.9 Å². The normalized spacial score (nSPS) is 31.7. The van der Waals surface area contributed by atoms with E-state index in [1.807, 2.05) is 24.5 Å². The van der Waals surface area contributed by atoms with Gasteiger partial charge in [0.15, 0.2) is 6.10 Å². The van der Waals surface area contributed by atoms with E-state index in [0.717, 1.165) is 23.3 Å². The van der Waals surface area contributed by atoms with Crippen molar-refractivity contribution in [1.82, 2.24) is 9.55 Å². The van der Waals surface area contributed by atoms with Crippen LogP contribution in [0.15, 0.2) is 24.5 Å². The SMILES string of the molecule is CCn1cnc2ccc(OC3COC4C(O)COC34)cc21. The van der Waals surface area contributed by atoms with Gasteiger partial charge in [-0.3, -0.25) is 0 Å². The molecule has 0 bridgehead atoms. The third-order valence-corrected chi connectivity index (χ3v) is 4.20. The van der Waals surface area contributed by atoms with Crippen LogP contribution in [0.3, 0.4) is 0 Å². The molecule has 2 aliphatic heterocycles. The zero-order chi connectivity index (χ0) is 14.4. The number of aliphatic hydroxyl groups is 1. The molecule has 2 aliphatic rings. The van der Waals surface area contributed by atoms with E-state index in [-0.39, 0.29) is 18.3 Å². The molecule has 6 heteroatoms. The number of benzene rings is 1. The molecular weight excluding hydrogens is 272 g/mol. The van der Waals surface area contributed by atoms with Crippen LogP contribution in [-0.4, -0.2) is 52.3 Å². The predicted octanol–water partition coefficient (Wildman–Crippen LogP) is 0.962. The monoisotopic (exact) mass is 290 g/mol.